The van der Waals surface area contributed by atoms with Crippen molar-refractivity contribution in [2.24, 2.45) is 5.92 Å². The third-order valence-corrected chi connectivity index (χ3v) is 4.37. The maximum Gasteiger partial charge on any atom is 0.163 e. The van der Waals surface area contributed by atoms with Crippen LogP contribution in [-0.2, 0) is 0 Å². The first-order valence-electron chi connectivity index (χ1n) is 7.46. The predicted octanol–water partition coefficient (Wildman–Crippen LogP) is 5.13. The first kappa shape index (κ1) is 13.3. The average molecular weight is 270 g/mol. The van der Waals surface area contributed by atoms with Crippen LogP contribution in [0.25, 0.3) is 10.8 Å². The molecule has 1 saturated carbocycles. The molecule has 104 valence electrons. The molecule has 0 aromatic heterocycles. The number of benzene rings is 2. The van der Waals surface area contributed by atoms with Crippen LogP contribution in [0.2, 0.25) is 0 Å². The Kier molecular flexibility index (Phi) is 3.81. The van der Waals surface area contributed by atoms with Crippen LogP contribution in [0, 0.1) is 11.7 Å². The van der Waals surface area contributed by atoms with E-state index in [2.05, 4.69) is 0 Å². The highest BCUT2D eigenvalue weighted by molar-refractivity contribution is 6.08. The van der Waals surface area contributed by atoms with Crippen LogP contribution < -0.4 is 0 Å². The van der Waals surface area contributed by atoms with Gasteiger partial charge in [0.1, 0.15) is 5.82 Å². The first-order valence-corrected chi connectivity index (χ1v) is 7.46. The number of hydrogen-bond acceptors (Lipinski definition) is 1. The Labute approximate surface area is 118 Å². The number of carbonyl (C=O) groups is 1. The van der Waals surface area contributed by atoms with Crippen LogP contribution in [0.4, 0.5) is 4.39 Å². The molecule has 0 heterocycles. The summed E-state index contributed by atoms with van der Waals surface area (Å²) in [6.45, 7) is 0. The quantitative estimate of drug-likeness (QED) is 0.706. The molecule has 1 nitrogen and oxygen atoms in total. The van der Waals surface area contributed by atoms with Crippen molar-refractivity contribution in [3.05, 3.63) is 47.8 Å². The molecule has 1 aliphatic rings. The molecule has 0 amide bonds. The van der Waals surface area contributed by atoms with Crippen molar-refractivity contribution in [1.82, 2.24) is 0 Å². The summed E-state index contributed by atoms with van der Waals surface area (Å²) in [6.07, 6.45) is 6.69. The minimum absolute atomic E-state index is 0.160. The summed E-state index contributed by atoms with van der Waals surface area (Å²) < 4.78 is 13.8. The summed E-state index contributed by atoms with van der Waals surface area (Å²) in [5, 5.41) is 1.29. The largest absolute Gasteiger partial charge is 0.294 e. The third-order valence-electron chi connectivity index (χ3n) is 4.37. The Morgan fingerprint density at radius 1 is 1.00 bits per heavy atom. The molecule has 1 aliphatic carbocycles. The van der Waals surface area contributed by atoms with Gasteiger partial charge in [0.25, 0.3) is 0 Å². The molecule has 2 aromatic carbocycles. The molecular weight excluding hydrogens is 251 g/mol. The van der Waals surface area contributed by atoms with E-state index < -0.39 is 0 Å². The van der Waals surface area contributed by atoms with E-state index in [1.165, 1.54) is 25.3 Å². The molecule has 0 spiro atoms. The van der Waals surface area contributed by atoms with Gasteiger partial charge < -0.3 is 0 Å². The Morgan fingerprint density at radius 2 is 1.70 bits per heavy atom. The highest BCUT2D eigenvalue weighted by atomic mass is 19.1. The molecule has 0 aliphatic heterocycles. The van der Waals surface area contributed by atoms with Crippen LogP contribution in [0.3, 0.4) is 0 Å². The molecule has 0 N–H and O–H groups in total. The second kappa shape index (κ2) is 5.74. The van der Waals surface area contributed by atoms with Gasteiger partial charge in [0.15, 0.2) is 5.78 Å². The number of Topliss-reactive ketones (excluding diaryl/α,β-unsaturated/α-hetero) is 1. The normalized spacial score (nSPS) is 16.4. The van der Waals surface area contributed by atoms with Crippen molar-refractivity contribution in [1.29, 1.82) is 0 Å². The molecule has 0 bridgehead atoms. The predicted molar refractivity (Wildman–Crippen MR) is 79.4 cm³/mol. The first-order chi connectivity index (χ1) is 9.75. The van der Waals surface area contributed by atoms with Gasteiger partial charge in [0.2, 0.25) is 0 Å². The second-order valence-electron chi connectivity index (χ2n) is 5.77. The lowest BCUT2D eigenvalue weighted by Gasteiger charge is -2.21. The summed E-state index contributed by atoms with van der Waals surface area (Å²) in [4.78, 5) is 12.5. The van der Waals surface area contributed by atoms with Crippen molar-refractivity contribution in [2.75, 3.05) is 0 Å². The highest BCUT2D eigenvalue weighted by Crippen LogP contribution is 2.29. The fourth-order valence-corrected chi connectivity index (χ4v) is 3.27. The lowest BCUT2D eigenvalue weighted by molar-refractivity contribution is 0.0952. The zero-order valence-electron chi connectivity index (χ0n) is 11.6. The van der Waals surface area contributed by atoms with Crippen molar-refractivity contribution >= 4 is 16.6 Å². The Hall–Kier alpha value is -1.70. The number of carbonyl (C=O) groups excluding carboxylic acids is 1. The van der Waals surface area contributed by atoms with Gasteiger partial charge in [0.05, 0.1) is 0 Å². The van der Waals surface area contributed by atoms with Crippen molar-refractivity contribution < 1.29 is 9.18 Å². The van der Waals surface area contributed by atoms with Gasteiger partial charge in [-0.25, -0.2) is 4.39 Å². The van der Waals surface area contributed by atoms with Crippen LogP contribution in [-0.4, -0.2) is 5.78 Å². The van der Waals surface area contributed by atoms with E-state index in [9.17, 15) is 9.18 Å². The standard InChI is InChI=1S/C18H19FO/c19-17-11-10-16(14-8-4-5-9-15(14)17)18(20)12-13-6-2-1-3-7-13/h4-5,8-11,13H,1-3,6-7,12H2. The van der Waals surface area contributed by atoms with E-state index in [-0.39, 0.29) is 11.6 Å². The number of hydrogen-bond donors (Lipinski definition) is 0. The molecule has 0 unspecified atom stereocenters. The lowest BCUT2D eigenvalue weighted by Crippen LogP contribution is -2.12. The van der Waals surface area contributed by atoms with Crippen LogP contribution in [0.5, 0.6) is 0 Å². The molecule has 1 fully saturated rings. The van der Waals surface area contributed by atoms with E-state index in [0.29, 0.717) is 23.3 Å². The van der Waals surface area contributed by atoms with Gasteiger partial charge in [0, 0.05) is 17.4 Å². The van der Waals surface area contributed by atoms with Crippen LogP contribution in [0.1, 0.15) is 48.9 Å². The molecule has 20 heavy (non-hydrogen) atoms. The van der Waals surface area contributed by atoms with Gasteiger partial charge in [-0.2, -0.15) is 0 Å². The molecule has 0 saturated heterocycles. The van der Waals surface area contributed by atoms with Gasteiger partial charge in [-0.1, -0.05) is 56.4 Å². The second-order valence-corrected chi connectivity index (χ2v) is 5.77. The molecule has 2 heteroatoms. The lowest BCUT2D eigenvalue weighted by atomic mass is 9.84. The van der Waals surface area contributed by atoms with E-state index >= 15 is 0 Å². The Morgan fingerprint density at radius 3 is 2.45 bits per heavy atom. The molecule has 0 atom stereocenters. The maximum absolute atomic E-state index is 13.8. The minimum Gasteiger partial charge on any atom is -0.294 e. The van der Waals surface area contributed by atoms with Crippen LogP contribution >= 0.6 is 0 Å². The van der Waals surface area contributed by atoms with Gasteiger partial charge in [-0.3, -0.25) is 4.79 Å². The monoisotopic (exact) mass is 270 g/mol. The summed E-state index contributed by atoms with van der Waals surface area (Å²) in [7, 11) is 0. The zero-order valence-corrected chi connectivity index (χ0v) is 11.6. The molecule has 3 rings (SSSR count). The number of fused-ring (bicyclic) bond motifs is 1. The summed E-state index contributed by atoms with van der Waals surface area (Å²) in [5.41, 5.74) is 0.674. The number of halogens is 1. The average Bonchev–Trinajstić information content (AvgIpc) is 2.49. The summed E-state index contributed by atoms with van der Waals surface area (Å²) >= 11 is 0. The topological polar surface area (TPSA) is 17.1 Å². The smallest absolute Gasteiger partial charge is 0.163 e. The summed E-state index contributed by atoms with van der Waals surface area (Å²) in [5.74, 6) is 0.419. The van der Waals surface area contributed by atoms with Crippen molar-refractivity contribution in [3.8, 4) is 0 Å². The maximum atomic E-state index is 13.8. The van der Waals surface area contributed by atoms with E-state index in [1.54, 1.807) is 18.2 Å². The fourth-order valence-electron chi connectivity index (χ4n) is 3.27. The van der Waals surface area contributed by atoms with E-state index in [1.807, 2.05) is 12.1 Å². The SMILES string of the molecule is O=C(CC1CCCCC1)c1ccc(F)c2ccccc12. The van der Waals surface area contributed by atoms with Crippen molar-refractivity contribution in [3.63, 3.8) is 0 Å². The fraction of sp³-hybridized carbons (Fsp3) is 0.389. The van der Waals surface area contributed by atoms with E-state index in [4.69, 9.17) is 0 Å². The molecule has 2 aromatic rings. The molecular formula is C18H19FO. The van der Waals surface area contributed by atoms with E-state index in [0.717, 1.165) is 18.2 Å². The Bertz CT molecular complexity index is 626. The van der Waals surface area contributed by atoms with Gasteiger partial charge in [-0.05, 0) is 23.4 Å². The van der Waals surface area contributed by atoms with Crippen LogP contribution in [0.15, 0.2) is 36.4 Å². The number of ketones is 1. The number of rotatable bonds is 3. The zero-order chi connectivity index (χ0) is 13.9. The van der Waals surface area contributed by atoms with Gasteiger partial charge in [-0.15, -0.1) is 0 Å². The third kappa shape index (κ3) is 2.60. The highest BCUT2D eigenvalue weighted by Gasteiger charge is 2.19. The van der Waals surface area contributed by atoms with Gasteiger partial charge >= 0.3 is 0 Å². The molecule has 0 radical (unpaired) electrons. The summed E-state index contributed by atoms with van der Waals surface area (Å²) in [6, 6.07) is 10.3. The minimum atomic E-state index is -0.255. The Balaban J connectivity index is 1.89. The van der Waals surface area contributed by atoms with Crippen molar-refractivity contribution in [2.45, 2.75) is 38.5 Å².